The molecule has 25 heavy (non-hydrogen) atoms. The third-order valence-corrected chi connectivity index (χ3v) is 5.33. The number of carbonyl (C=O) groups excluding carboxylic acids is 1. The number of carboxylic acid groups (broad SMARTS) is 1. The molecule has 1 aromatic rings. The van der Waals surface area contributed by atoms with E-state index in [2.05, 4.69) is 19.2 Å². The Hall–Kier alpha value is -1.84. The summed E-state index contributed by atoms with van der Waals surface area (Å²) in [5.41, 5.74) is 1.53. The Balaban J connectivity index is 1.86. The fraction of sp³-hybridized carbons (Fsp3) is 0.619. The minimum absolute atomic E-state index is 0.0658. The predicted octanol–water partition coefficient (Wildman–Crippen LogP) is 4.19. The third kappa shape index (κ3) is 7.29. The van der Waals surface area contributed by atoms with E-state index in [-0.39, 0.29) is 18.4 Å². The van der Waals surface area contributed by atoms with Crippen molar-refractivity contribution in [1.29, 1.82) is 0 Å². The van der Waals surface area contributed by atoms with E-state index in [9.17, 15) is 9.59 Å². The van der Waals surface area contributed by atoms with Crippen LogP contribution in [0.15, 0.2) is 30.3 Å². The van der Waals surface area contributed by atoms with Crippen molar-refractivity contribution in [1.82, 2.24) is 5.32 Å². The molecular formula is C21H31NO3. The van der Waals surface area contributed by atoms with E-state index in [1.165, 1.54) is 12.8 Å². The van der Waals surface area contributed by atoms with Crippen molar-refractivity contribution in [3.8, 4) is 0 Å². The van der Waals surface area contributed by atoms with Gasteiger partial charge in [0.15, 0.2) is 0 Å². The van der Waals surface area contributed by atoms with Gasteiger partial charge in [0.1, 0.15) is 0 Å². The van der Waals surface area contributed by atoms with E-state index in [4.69, 9.17) is 5.11 Å². The summed E-state index contributed by atoms with van der Waals surface area (Å²) >= 11 is 0. The number of aliphatic carboxylic acids is 1. The molecule has 4 nitrogen and oxygen atoms in total. The maximum Gasteiger partial charge on any atom is 0.303 e. The molecule has 0 heterocycles. The summed E-state index contributed by atoms with van der Waals surface area (Å²) in [5, 5.41) is 12.0. The predicted molar refractivity (Wildman–Crippen MR) is 99.3 cm³/mol. The van der Waals surface area contributed by atoms with Gasteiger partial charge < -0.3 is 10.4 Å². The van der Waals surface area contributed by atoms with E-state index in [1.807, 2.05) is 30.3 Å². The molecule has 1 aliphatic carbocycles. The summed E-state index contributed by atoms with van der Waals surface area (Å²) in [7, 11) is 0. The SMILES string of the molecule is CC1(C)CCC(CC(=O)NC(CCC(=O)O)Cc2ccccc2)CC1. The second-order valence-electron chi connectivity index (χ2n) is 8.20. The van der Waals surface area contributed by atoms with Crippen molar-refractivity contribution in [3.63, 3.8) is 0 Å². The molecule has 2 rings (SSSR count). The van der Waals surface area contributed by atoms with Gasteiger partial charge in [-0.05, 0) is 55.4 Å². The van der Waals surface area contributed by atoms with Crippen molar-refractivity contribution in [3.05, 3.63) is 35.9 Å². The summed E-state index contributed by atoms with van der Waals surface area (Å²) in [6.07, 6.45) is 6.36. The highest BCUT2D eigenvalue weighted by Crippen LogP contribution is 2.39. The lowest BCUT2D eigenvalue weighted by Gasteiger charge is -2.34. The second-order valence-corrected chi connectivity index (χ2v) is 8.20. The van der Waals surface area contributed by atoms with Crippen LogP contribution in [0.25, 0.3) is 0 Å². The Morgan fingerprint density at radius 2 is 1.84 bits per heavy atom. The molecule has 0 saturated heterocycles. The Labute approximate surface area is 151 Å². The number of rotatable bonds is 8. The molecule has 0 bridgehead atoms. The molecule has 1 aliphatic rings. The lowest BCUT2D eigenvalue weighted by atomic mass is 9.72. The molecule has 138 valence electrons. The van der Waals surface area contributed by atoms with Gasteiger partial charge in [-0.3, -0.25) is 9.59 Å². The van der Waals surface area contributed by atoms with Crippen LogP contribution < -0.4 is 5.32 Å². The van der Waals surface area contributed by atoms with Crippen molar-refractivity contribution < 1.29 is 14.7 Å². The zero-order chi connectivity index (χ0) is 18.3. The van der Waals surface area contributed by atoms with Crippen molar-refractivity contribution in [2.75, 3.05) is 0 Å². The minimum atomic E-state index is -0.818. The topological polar surface area (TPSA) is 66.4 Å². The molecule has 0 aliphatic heterocycles. The maximum absolute atomic E-state index is 12.5. The van der Waals surface area contributed by atoms with Gasteiger partial charge in [0, 0.05) is 18.9 Å². The molecular weight excluding hydrogens is 314 g/mol. The summed E-state index contributed by atoms with van der Waals surface area (Å²) < 4.78 is 0. The average molecular weight is 345 g/mol. The molecule has 1 atom stereocenters. The van der Waals surface area contributed by atoms with Gasteiger partial charge in [0.2, 0.25) is 5.91 Å². The standard InChI is InChI=1S/C21H31NO3/c1-21(2)12-10-17(11-13-21)15-19(23)22-18(8-9-20(24)25)14-16-6-4-3-5-7-16/h3-7,17-18H,8-15H2,1-2H3,(H,22,23)(H,24,25). The smallest absolute Gasteiger partial charge is 0.303 e. The highest BCUT2D eigenvalue weighted by atomic mass is 16.4. The van der Waals surface area contributed by atoms with Crippen molar-refractivity contribution in [2.24, 2.45) is 11.3 Å². The van der Waals surface area contributed by atoms with Crippen LogP contribution in [0.1, 0.15) is 64.4 Å². The number of hydrogen-bond acceptors (Lipinski definition) is 2. The molecule has 1 fully saturated rings. The minimum Gasteiger partial charge on any atom is -0.481 e. The molecule has 1 amide bonds. The van der Waals surface area contributed by atoms with Crippen LogP contribution in [0, 0.1) is 11.3 Å². The number of carbonyl (C=O) groups is 2. The molecule has 1 saturated carbocycles. The first-order valence-corrected chi connectivity index (χ1v) is 9.39. The van der Waals surface area contributed by atoms with Gasteiger partial charge in [0.05, 0.1) is 0 Å². The van der Waals surface area contributed by atoms with Crippen molar-refractivity contribution in [2.45, 2.75) is 71.3 Å². The summed E-state index contributed by atoms with van der Waals surface area (Å²) in [6.45, 7) is 4.59. The van der Waals surface area contributed by atoms with Gasteiger partial charge in [-0.25, -0.2) is 0 Å². The van der Waals surface area contributed by atoms with E-state index >= 15 is 0 Å². The van der Waals surface area contributed by atoms with Crippen molar-refractivity contribution >= 4 is 11.9 Å². The fourth-order valence-corrected chi connectivity index (χ4v) is 3.63. The second kappa shape index (κ2) is 9.02. The number of amides is 1. The first-order valence-electron chi connectivity index (χ1n) is 9.39. The highest BCUT2D eigenvalue weighted by Gasteiger charge is 2.28. The van der Waals surface area contributed by atoms with Gasteiger partial charge in [-0.2, -0.15) is 0 Å². The van der Waals surface area contributed by atoms with Gasteiger partial charge in [-0.1, -0.05) is 44.2 Å². The lowest BCUT2D eigenvalue weighted by Crippen LogP contribution is -2.38. The molecule has 1 aromatic carbocycles. The van der Waals surface area contributed by atoms with Crippen LogP contribution in [0.4, 0.5) is 0 Å². The Morgan fingerprint density at radius 1 is 1.20 bits per heavy atom. The number of carboxylic acids is 1. The quantitative estimate of drug-likeness (QED) is 0.742. The van der Waals surface area contributed by atoms with Crippen LogP contribution in [-0.4, -0.2) is 23.0 Å². The molecule has 1 unspecified atom stereocenters. The monoisotopic (exact) mass is 345 g/mol. The third-order valence-electron chi connectivity index (χ3n) is 5.33. The fourth-order valence-electron chi connectivity index (χ4n) is 3.63. The van der Waals surface area contributed by atoms with Crippen LogP contribution in [0.5, 0.6) is 0 Å². The molecule has 2 N–H and O–H groups in total. The highest BCUT2D eigenvalue weighted by molar-refractivity contribution is 5.76. The normalized spacial score (nSPS) is 18.5. The zero-order valence-corrected chi connectivity index (χ0v) is 15.5. The molecule has 0 spiro atoms. The zero-order valence-electron chi connectivity index (χ0n) is 15.5. The van der Waals surface area contributed by atoms with E-state index in [1.54, 1.807) is 0 Å². The largest absolute Gasteiger partial charge is 0.481 e. The summed E-state index contributed by atoms with van der Waals surface area (Å²) in [4.78, 5) is 23.4. The number of nitrogens with one attached hydrogen (secondary N) is 1. The molecule has 4 heteroatoms. The average Bonchev–Trinajstić information content (AvgIpc) is 2.55. The summed E-state index contributed by atoms with van der Waals surface area (Å²) in [5.74, 6) is -0.289. The first-order chi connectivity index (χ1) is 11.8. The van der Waals surface area contributed by atoms with Crippen LogP contribution >= 0.6 is 0 Å². The van der Waals surface area contributed by atoms with Gasteiger partial charge in [-0.15, -0.1) is 0 Å². The van der Waals surface area contributed by atoms with Crippen LogP contribution in [0.2, 0.25) is 0 Å². The van der Waals surface area contributed by atoms with Gasteiger partial charge in [0.25, 0.3) is 0 Å². The van der Waals surface area contributed by atoms with E-state index in [0.717, 1.165) is 18.4 Å². The Morgan fingerprint density at radius 3 is 2.44 bits per heavy atom. The Bertz CT molecular complexity index is 558. The van der Waals surface area contributed by atoms with E-state index in [0.29, 0.717) is 30.6 Å². The number of hydrogen-bond donors (Lipinski definition) is 2. The lowest BCUT2D eigenvalue weighted by molar-refractivity contribution is -0.137. The van der Waals surface area contributed by atoms with Gasteiger partial charge >= 0.3 is 5.97 Å². The molecule has 0 radical (unpaired) electrons. The maximum atomic E-state index is 12.5. The number of benzene rings is 1. The summed E-state index contributed by atoms with van der Waals surface area (Å²) in [6, 6.07) is 9.81. The molecule has 0 aromatic heterocycles. The first kappa shape index (κ1) is 19.5. The van der Waals surface area contributed by atoms with E-state index < -0.39 is 5.97 Å². The van der Waals surface area contributed by atoms with Crippen LogP contribution in [-0.2, 0) is 16.0 Å². The van der Waals surface area contributed by atoms with Crippen LogP contribution in [0.3, 0.4) is 0 Å². The Kier molecular flexibility index (Phi) is 7.03.